The molecule has 0 radical (unpaired) electrons. The Hall–Kier alpha value is -1.07. The quantitative estimate of drug-likeness (QED) is 0.849. The van der Waals surface area contributed by atoms with E-state index in [1.54, 1.807) is 0 Å². The van der Waals surface area contributed by atoms with E-state index in [2.05, 4.69) is 12.0 Å². The van der Waals surface area contributed by atoms with E-state index < -0.39 is 0 Å². The van der Waals surface area contributed by atoms with Gasteiger partial charge in [-0.25, -0.2) is 0 Å². The topological polar surface area (TPSA) is 45.5 Å². The van der Waals surface area contributed by atoms with E-state index in [0.717, 1.165) is 64.2 Å². The number of hydrogen-bond acceptors (Lipinski definition) is 4. The highest BCUT2D eigenvalue weighted by atomic mass is 16.5. The van der Waals surface area contributed by atoms with Crippen LogP contribution < -0.4 is 4.74 Å². The summed E-state index contributed by atoms with van der Waals surface area (Å²) in [5.41, 5.74) is -0.0133. The van der Waals surface area contributed by atoms with E-state index in [1.807, 2.05) is 17.1 Å². The van der Waals surface area contributed by atoms with E-state index in [0.29, 0.717) is 0 Å². The second-order valence-electron chi connectivity index (χ2n) is 5.82. The molecular formula is C15H24N2O3. The Morgan fingerprint density at radius 3 is 3.05 bits per heavy atom. The van der Waals surface area contributed by atoms with Crippen LogP contribution in [0.15, 0.2) is 12.4 Å². The molecular weight excluding hydrogens is 256 g/mol. The molecule has 3 heterocycles. The van der Waals surface area contributed by atoms with Crippen molar-refractivity contribution in [2.75, 3.05) is 19.8 Å². The molecule has 112 valence electrons. The Kier molecular flexibility index (Phi) is 4.27. The Bertz CT molecular complexity index is 421. The average molecular weight is 280 g/mol. The van der Waals surface area contributed by atoms with Gasteiger partial charge in [0.25, 0.3) is 0 Å². The lowest BCUT2D eigenvalue weighted by molar-refractivity contribution is -0.155. The third-order valence-electron chi connectivity index (χ3n) is 4.22. The highest BCUT2D eigenvalue weighted by Gasteiger charge is 2.39. The van der Waals surface area contributed by atoms with Crippen molar-refractivity contribution < 1.29 is 14.2 Å². The minimum atomic E-state index is -0.0133. The summed E-state index contributed by atoms with van der Waals surface area (Å²) in [5.74, 6) is 0.882. The van der Waals surface area contributed by atoms with Crippen LogP contribution in [0.3, 0.4) is 0 Å². The molecule has 0 N–H and O–H groups in total. The molecule has 1 aromatic heterocycles. The largest absolute Gasteiger partial charge is 0.487 e. The fraction of sp³-hybridized carbons (Fsp3) is 0.800. The smallest absolute Gasteiger partial charge is 0.157 e. The molecule has 2 aliphatic heterocycles. The Morgan fingerprint density at radius 1 is 1.40 bits per heavy atom. The van der Waals surface area contributed by atoms with Gasteiger partial charge >= 0.3 is 0 Å². The van der Waals surface area contributed by atoms with E-state index in [9.17, 15) is 0 Å². The van der Waals surface area contributed by atoms with Crippen molar-refractivity contribution in [3.8, 4) is 5.75 Å². The molecule has 0 aromatic carbocycles. The van der Waals surface area contributed by atoms with Crippen LogP contribution in [0.5, 0.6) is 5.75 Å². The molecule has 0 amide bonds. The highest BCUT2D eigenvalue weighted by Crippen LogP contribution is 2.35. The predicted octanol–water partition coefficient (Wildman–Crippen LogP) is 2.40. The Balaban J connectivity index is 1.59. The second kappa shape index (κ2) is 6.14. The summed E-state index contributed by atoms with van der Waals surface area (Å²) >= 11 is 0. The molecule has 2 fully saturated rings. The first-order valence-electron chi connectivity index (χ1n) is 7.70. The average Bonchev–Trinajstić information content (AvgIpc) is 2.87. The van der Waals surface area contributed by atoms with E-state index in [-0.39, 0.29) is 11.7 Å². The van der Waals surface area contributed by atoms with Crippen molar-refractivity contribution in [2.45, 2.75) is 57.3 Å². The van der Waals surface area contributed by atoms with Gasteiger partial charge in [0.15, 0.2) is 5.75 Å². The van der Waals surface area contributed by atoms with Gasteiger partial charge in [-0.1, -0.05) is 6.92 Å². The van der Waals surface area contributed by atoms with Gasteiger partial charge in [-0.15, -0.1) is 0 Å². The zero-order chi connectivity index (χ0) is 13.8. The summed E-state index contributed by atoms with van der Waals surface area (Å²) < 4.78 is 19.5. The zero-order valence-electron chi connectivity index (χ0n) is 12.2. The highest BCUT2D eigenvalue weighted by molar-refractivity contribution is 5.12. The van der Waals surface area contributed by atoms with Gasteiger partial charge in [0.1, 0.15) is 6.10 Å². The van der Waals surface area contributed by atoms with Crippen LogP contribution in [0.25, 0.3) is 0 Å². The molecule has 1 aromatic rings. The predicted molar refractivity (Wildman–Crippen MR) is 74.9 cm³/mol. The fourth-order valence-corrected chi connectivity index (χ4v) is 3.12. The van der Waals surface area contributed by atoms with Gasteiger partial charge in [-0.05, 0) is 19.3 Å². The van der Waals surface area contributed by atoms with E-state index >= 15 is 0 Å². The van der Waals surface area contributed by atoms with Crippen molar-refractivity contribution >= 4 is 0 Å². The van der Waals surface area contributed by atoms with Crippen LogP contribution in [0, 0.1) is 0 Å². The Morgan fingerprint density at radius 2 is 2.25 bits per heavy atom. The maximum Gasteiger partial charge on any atom is 0.157 e. The van der Waals surface area contributed by atoms with Gasteiger partial charge in [-0.3, -0.25) is 4.68 Å². The van der Waals surface area contributed by atoms with Gasteiger partial charge in [0.05, 0.1) is 24.6 Å². The summed E-state index contributed by atoms with van der Waals surface area (Å²) in [6.07, 6.45) is 9.04. The fourth-order valence-electron chi connectivity index (χ4n) is 3.12. The number of rotatable bonds is 4. The van der Waals surface area contributed by atoms with Crippen LogP contribution in [0.2, 0.25) is 0 Å². The van der Waals surface area contributed by atoms with Gasteiger partial charge < -0.3 is 14.2 Å². The first-order valence-corrected chi connectivity index (χ1v) is 7.70. The molecule has 20 heavy (non-hydrogen) atoms. The lowest BCUT2D eigenvalue weighted by Gasteiger charge is -2.42. The van der Waals surface area contributed by atoms with E-state index in [4.69, 9.17) is 14.2 Å². The standard InChI is InChI=1S/C15H24N2O3/c1-2-6-17-12-14(11-16-17)20-13-3-7-19-15(10-13)4-8-18-9-5-15/h11-13H,2-10H2,1H3. The summed E-state index contributed by atoms with van der Waals surface area (Å²) in [7, 11) is 0. The minimum absolute atomic E-state index is 0.0133. The SMILES string of the molecule is CCCn1cc(OC2CCOC3(CCOCC3)C2)cn1. The molecule has 2 aliphatic rings. The number of ether oxygens (including phenoxy) is 3. The molecule has 3 rings (SSSR count). The monoisotopic (exact) mass is 280 g/mol. The third-order valence-corrected chi connectivity index (χ3v) is 4.22. The summed E-state index contributed by atoms with van der Waals surface area (Å²) in [5, 5.41) is 4.32. The summed E-state index contributed by atoms with van der Waals surface area (Å²) in [6, 6.07) is 0. The molecule has 1 atom stereocenters. The van der Waals surface area contributed by atoms with Gasteiger partial charge in [0.2, 0.25) is 0 Å². The van der Waals surface area contributed by atoms with Crippen molar-refractivity contribution in [1.82, 2.24) is 9.78 Å². The molecule has 0 saturated carbocycles. The number of hydrogen-bond donors (Lipinski definition) is 0. The number of nitrogens with zero attached hydrogens (tertiary/aromatic N) is 2. The van der Waals surface area contributed by atoms with Crippen molar-refractivity contribution in [3.05, 3.63) is 12.4 Å². The molecule has 1 unspecified atom stereocenters. The molecule has 5 heteroatoms. The summed E-state index contributed by atoms with van der Waals surface area (Å²) in [4.78, 5) is 0. The van der Waals surface area contributed by atoms with Crippen molar-refractivity contribution in [1.29, 1.82) is 0 Å². The van der Waals surface area contributed by atoms with Crippen molar-refractivity contribution in [2.24, 2.45) is 0 Å². The maximum atomic E-state index is 6.11. The lowest BCUT2D eigenvalue weighted by atomic mass is 9.85. The van der Waals surface area contributed by atoms with E-state index in [1.165, 1.54) is 0 Å². The Labute approximate surface area is 120 Å². The number of aryl methyl sites for hydroxylation is 1. The van der Waals surface area contributed by atoms with Crippen molar-refractivity contribution in [3.63, 3.8) is 0 Å². The summed E-state index contributed by atoms with van der Waals surface area (Å²) in [6.45, 7) is 5.49. The zero-order valence-corrected chi connectivity index (χ0v) is 12.2. The van der Waals surface area contributed by atoms with Crippen LogP contribution in [-0.2, 0) is 16.0 Å². The molecule has 1 spiro atoms. The number of aromatic nitrogens is 2. The first-order chi connectivity index (χ1) is 9.80. The molecule has 5 nitrogen and oxygen atoms in total. The van der Waals surface area contributed by atoms with Crippen LogP contribution in [-0.4, -0.2) is 41.3 Å². The molecule has 0 bridgehead atoms. The lowest BCUT2D eigenvalue weighted by Crippen LogP contribution is -2.47. The van der Waals surface area contributed by atoms with Crippen LogP contribution >= 0.6 is 0 Å². The molecule has 2 saturated heterocycles. The first kappa shape index (κ1) is 13.9. The normalized spacial score (nSPS) is 25.8. The second-order valence-corrected chi connectivity index (χ2v) is 5.82. The molecule has 0 aliphatic carbocycles. The van der Waals surface area contributed by atoms with Crippen LogP contribution in [0.4, 0.5) is 0 Å². The minimum Gasteiger partial charge on any atom is -0.487 e. The van der Waals surface area contributed by atoms with Gasteiger partial charge in [0, 0.05) is 32.6 Å². The third kappa shape index (κ3) is 3.15. The van der Waals surface area contributed by atoms with Gasteiger partial charge in [-0.2, -0.15) is 5.10 Å². The maximum absolute atomic E-state index is 6.11. The van der Waals surface area contributed by atoms with Crippen LogP contribution in [0.1, 0.15) is 39.0 Å².